The van der Waals surface area contributed by atoms with Crippen LogP contribution in [0.15, 0.2) is 91.0 Å². The van der Waals surface area contributed by atoms with E-state index in [1.165, 1.54) is 16.7 Å². The fourth-order valence-electron chi connectivity index (χ4n) is 4.18. The Kier molecular flexibility index (Phi) is 6.06. The van der Waals surface area contributed by atoms with Crippen molar-refractivity contribution in [3.05, 3.63) is 108 Å². The van der Waals surface area contributed by atoms with Crippen LogP contribution in [0.25, 0.3) is 0 Å². The highest BCUT2D eigenvalue weighted by molar-refractivity contribution is 5.85. The average molecular weight is 385 g/mol. The molecule has 1 aliphatic rings. The topological polar surface area (TPSA) is 32.3 Å². The van der Waals surface area contributed by atoms with Gasteiger partial charge in [0.05, 0.1) is 12.0 Å². The number of rotatable bonds is 8. The highest BCUT2D eigenvalue weighted by Crippen LogP contribution is 2.27. The van der Waals surface area contributed by atoms with Gasteiger partial charge in [0.2, 0.25) is 5.91 Å². The molecule has 1 amide bonds. The van der Waals surface area contributed by atoms with Gasteiger partial charge in [0.15, 0.2) is 0 Å². The summed E-state index contributed by atoms with van der Waals surface area (Å²) in [5.74, 6) is 0.199. The molecule has 0 aliphatic carbocycles. The van der Waals surface area contributed by atoms with Crippen LogP contribution in [0, 0.1) is 5.92 Å². The first-order valence-corrected chi connectivity index (χ1v) is 10.4. The van der Waals surface area contributed by atoms with Crippen molar-refractivity contribution >= 4 is 5.91 Å². The van der Waals surface area contributed by atoms with Crippen LogP contribution in [0.5, 0.6) is 0 Å². The highest BCUT2D eigenvalue weighted by atomic mass is 16.2. The van der Waals surface area contributed by atoms with E-state index in [2.05, 4.69) is 101 Å². The molecule has 0 radical (unpaired) electrons. The number of nitrogens with one attached hydrogen (secondary N) is 1. The molecule has 1 aliphatic heterocycles. The van der Waals surface area contributed by atoms with Crippen LogP contribution in [0.2, 0.25) is 0 Å². The molecule has 4 rings (SSSR count). The predicted molar refractivity (Wildman–Crippen MR) is 117 cm³/mol. The van der Waals surface area contributed by atoms with Gasteiger partial charge >= 0.3 is 0 Å². The second-order valence-electron chi connectivity index (χ2n) is 7.96. The van der Waals surface area contributed by atoms with Crippen molar-refractivity contribution in [3.8, 4) is 0 Å². The quantitative estimate of drug-likeness (QED) is 0.583. The van der Waals surface area contributed by atoms with Gasteiger partial charge in [-0.1, -0.05) is 97.9 Å². The first-order chi connectivity index (χ1) is 14.2. The summed E-state index contributed by atoms with van der Waals surface area (Å²) in [6, 6.07) is 32.2. The highest BCUT2D eigenvalue weighted by Gasteiger charge is 2.42. The number of hydrogen-bond acceptors (Lipinski definition) is 2. The number of carbonyl (C=O) groups is 1. The number of nitrogens with zero attached hydrogens (tertiary/aromatic N) is 1. The molecule has 3 heteroatoms. The molecule has 1 heterocycles. The Morgan fingerprint density at radius 2 is 1.21 bits per heavy atom. The summed E-state index contributed by atoms with van der Waals surface area (Å²) in [7, 11) is 0. The molecule has 3 atom stereocenters. The molecule has 148 valence electrons. The molecular formula is C26H28N2O. The second-order valence-corrected chi connectivity index (χ2v) is 7.96. The van der Waals surface area contributed by atoms with Crippen molar-refractivity contribution in [2.45, 2.75) is 38.5 Å². The summed E-state index contributed by atoms with van der Waals surface area (Å²) in [6.07, 6.45) is 0.912. The van der Waals surface area contributed by atoms with Crippen molar-refractivity contribution in [1.29, 1.82) is 0 Å². The van der Waals surface area contributed by atoms with Crippen LogP contribution in [0.3, 0.4) is 0 Å². The Hall–Kier alpha value is -2.91. The van der Waals surface area contributed by atoms with Gasteiger partial charge in [0, 0.05) is 19.1 Å². The number of benzene rings is 3. The molecule has 0 aromatic heterocycles. The lowest BCUT2D eigenvalue weighted by atomic mass is 9.82. The van der Waals surface area contributed by atoms with Gasteiger partial charge in [0.25, 0.3) is 0 Å². The fourth-order valence-corrected chi connectivity index (χ4v) is 4.18. The van der Waals surface area contributed by atoms with E-state index in [1.54, 1.807) is 0 Å². The molecular weight excluding hydrogens is 356 g/mol. The Labute approximate surface area is 173 Å². The fraction of sp³-hybridized carbons (Fsp3) is 0.269. The minimum atomic E-state index is 0.0396. The van der Waals surface area contributed by atoms with Crippen molar-refractivity contribution in [2.24, 2.45) is 5.92 Å². The van der Waals surface area contributed by atoms with Crippen LogP contribution in [0.4, 0.5) is 0 Å². The van der Waals surface area contributed by atoms with Gasteiger partial charge in [-0.3, -0.25) is 9.69 Å². The molecule has 0 saturated carbocycles. The maximum absolute atomic E-state index is 12.0. The molecule has 3 aromatic rings. The Balaban J connectivity index is 1.64. The number of amides is 1. The van der Waals surface area contributed by atoms with E-state index >= 15 is 0 Å². The normalized spacial score (nSPS) is 19.4. The molecule has 0 bridgehead atoms. The lowest BCUT2D eigenvalue weighted by Crippen LogP contribution is -2.66. The minimum Gasteiger partial charge on any atom is -0.351 e. The molecule has 3 nitrogen and oxygen atoms in total. The average Bonchev–Trinajstić information content (AvgIpc) is 2.77. The molecule has 3 aromatic carbocycles. The zero-order valence-electron chi connectivity index (χ0n) is 16.9. The lowest BCUT2D eigenvalue weighted by Gasteiger charge is -2.45. The van der Waals surface area contributed by atoms with E-state index in [0.29, 0.717) is 0 Å². The van der Waals surface area contributed by atoms with Crippen LogP contribution < -0.4 is 5.32 Å². The van der Waals surface area contributed by atoms with E-state index in [0.717, 1.165) is 19.5 Å². The third-order valence-electron chi connectivity index (χ3n) is 5.89. The van der Waals surface area contributed by atoms with Gasteiger partial charge in [0.1, 0.15) is 0 Å². The molecule has 1 N–H and O–H groups in total. The number of carbonyl (C=O) groups excluding carboxylic acids is 1. The smallest absolute Gasteiger partial charge is 0.225 e. The summed E-state index contributed by atoms with van der Waals surface area (Å²) in [5.41, 5.74) is 3.89. The van der Waals surface area contributed by atoms with Gasteiger partial charge in [-0.25, -0.2) is 0 Å². The standard InChI is InChI=1S/C26H28N2O/c1-20-25(27-26(20)29)24(17-21-11-5-2-6-12-21)28(18-22-13-7-3-8-14-22)19-23-15-9-4-10-16-23/h2-16,20,24-25H,17-19H2,1H3,(H,27,29). The first kappa shape index (κ1) is 19.4. The van der Waals surface area contributed by atoms with Crippen molar-refractivity contribution < 1.29 is 4.79 Å². The van der Waals surface area contributed by atoms with Crippen molar-refractivity contribution in [2.75, 3.05) is 0 Å². The molecule has 0 spiro atoms. The van der Waals surface area contributed by atoms with Crippen LogP contribution in [-0.4, -0.2) is 22.9 Å². The summed E-state index contributed by atoms with van der Waals surface area (Å²) in [6.45, 7) is 3.75. The third-order valence-corrected chi connectivity index (χ3v) is 5.89. The Morgan fingerprint density at radius 1 is 0.759 bits per heavy atom. The number of β-lactam (4-membered cyclic amide) rings is 1. The molecule has 29 heavy (non-hydrogen) atoms. The zero-order chi connectivity index (χ0) is 20.1. The second kappa shape index (κ2) is 9.06. The summed E-state index contributed by atoms with van der Waals surface area (Å²) >= 11 is 0. The van der Waals surface area contributed by atoms with Crippen LogP contribution in [-0.2, 0) is 24.3 Å². The maximum atomic E-state index is 12.0. The monoisotopic (exact) mass is 384 g/mol. The number of hydrogen-bond donors (Lipinski definition) is 1. The van der Waals surface area contributed by atoms with Gasteiger partial charge < -0.3 is 5.32 Å². The molecule has 3 unspecified atom stereocenters. The SMILES string of the molecule is CC1C(=O)NC1C(Cc1ccccc1)N(Cc1ccccc1)Cc1ccccc1. The van der Waals surface area contributed by atoms with Crippen LogP contribution >= 0.6 is 0 Å². The van der Waals surface area contributed by atoms with E-state index in [1.807, 2.05) is 6.92 Å². The van der Waals surface area contributed by atoms with E-state index in [4.69, 9.17) is 0 Å². The summed E-state index contributed by atoms with van der Waals surface area (Å²) in [5, 5.41) is 3.18. The summed E-state index contributed by atoms with van der Waals surface area (Å²) in [4.78, 5) is 14.5. The zero-order valence-corrected chi connectivity index (χ0v) is 16.9. The Morgan fingerprint density at radius 3 is 1.62 bits per heavy atom. The summed E-state index contributed by atoms with van der Waals surface area (Å²) < 4.78 is 0. The van der Waals surface area contributed by atoms with E-state index < -0.39 is 0 Å². The molecule has 1 saturated heterocycles. The van der Waals surface area contributed by atoms with Gasteiger partial charge in [-0.05, 0) is 23.1 Å². The maximum Gasteiger partial charge on any atom is 0.225 e. The molecule has 1 fully saturated rings. The van der Waals surface area contributed by atoms with Gasteiger partial charge in [-0.15, -0.1) is 0 Å². The van der Waals surface area contributed by atoms with Crippen LogP contribution in [0.1, 0.15) is 23.6 Å². The largest absolute Gasteiger partial charge is 0.351 e. The Bertz CT molecular complexity index is 870. The predicted octanol–water partition coefficient (Wildman–Crippen LogP) is 4.43. The lowest BCUT2D eigenvalue weighted by molar-refractivity contribution is -0.136. The van der Waals surface area contributed by atoms with E-state index in [-0.39, 0.29) is 23.9 Å². The first-order valence-electron chi connectivity index (χ1n) is 10.4. The van der Waals surface area contributed by atoms with Gasteiger partial charge in [-0.2, -0.15) is 0 Å². The third kappa shape index (κ3) is 4.75. The van der Waals surface area contributed by atoms with E-state index in [9.17, 15) is 4.79 Å². The van der Waals surface area contributed by atoms with Crippen molar-refractivity contribution in [1.82, 2.24) is 10.2 Å². The van der Waals surface area contributed by atoms with Crippen molar-refractivity contribution in [3.63, 3.8) is 0 Å². The minimum absolute atomic E-state index is 0.0396.